The summed E-state index contributed by atoms with van der Waals surface area (Å²) in [6, 6.07) is 37.0. The molecule has 8 atom stereocenters. The number of benzene rings is 4. The first-order valence-corrected chi connectivity index (χ1v) is 20.7. The Hall–Kier alpha value is -4.62. The molecule has 4 saturated carbocycles. The number of hydrogen-bond acceptors (Lipinski definition) is 4. The van der Waals surface area contributed by atoms with Crippen molar-refractivity contribution in [2.24, 2.45) is 35.5 Å². The largest absolute Gasteiger partial charge is 0.208 e. The van der Waals surface area contributed by atoms with E-state index in [-0.39, 0.29) is 10.8 Å². The van der Waals surface area contributed by atoms with Crippen LogP contribution in [0.5, 0.6) is 0 Å². The predicted octanol–water partition coefficient (Wildman–Crippen LogP) is 12.6. The molecule has 9 rings (SSSR count). The summed E-state index contributed by atoms with van der Waals surface area (Å²) < 4.78 is 0. The Morgan fingerprint density at radius 1 is 0.426 bits per heavy atom. The molecule has 54 heavy (non-hydrogen) atoms. The van der Waals surface area contributed by atoms with Gasteiger partial charge in [-0.15, -0.1) is 0 Å². The van der Waals surface area contributed by atoms with Crippen LogP contribution in [0, 0.1) is 46.8 Å². The summed E-state index contributed by atoms with van der Waals surface area (Å²) in [6.45, 7) is 9.85. The number of hydrogen-bond donors (Lipinski definition) is 0. The van der Waals surface area contributed by atoms with Gasteiger partial charge in [0.15, 0.2) is 17.5 Å². The summed E-state index contributed by atoms with van der Waals surface area (Å²) in [5, 5.41) is 9.26. The Kier molecular flexibility index (Phi) is 9.04. The minimum atomic E-state index is 0.290. The van der Waals surface area contributed by atoms with Crippen LogP contribution in [0.3, 0.4) is 0 Å². The van der Waals surface area contributed by atoms with Crippen LogP contribution in [-0.2, 0) is 10.8 Å². The average Bonchev–Trinajstić information content (AvgIpc) is 3.17. The summed E-state index contributed by atoms with van der Waals surface area (Å²) in [5.74, 6) is 6.94. The SMILES string of the molecule is C[C@@H]1C[C@@H]2C[C@H](C)CC(c3ccc(-c4nc(-c5ccc(-c6ccc(C#N)cc6)cc5)nc(-c5ccc(C67C[C@H](C)C[C@H](C[C@H](C)C6)C7)cc5)n4)cc3)(C1)C2. The molecule has 4 bridgehead atoms. The van der Waals surface area contributed by atoms with Gasteiger partial charge in [0.05, 0.1) is 11.6 Å². The van der Waals surface area contributed by atoms with Gasteiger partial charge in [0.1, 0.15) is 0 Å². The minimum Gasteiger partial charge on any atom is -0.208 e. The predicted molar refractivity (Wildman–Crippen MR) is 219 cm³/mol. The number of aromatic nitrogens is 3. The van der Waals surface area contributed by atoms with E-state index < -0.39 is 0 Å². The Morgan fingerprint density at radius 3 is 1.06 bits per heavy atom. The maximum absolute atomic E-state index is 9.26. The zero-order valence-corrected chi connectivity index (χ0v) is 32.6. The molecule has 1 heterocycles. The second-order valence-corrected chi connectivity index (χ2v) is 18.6. The van der Waals surface area contributed by atoms with Crippen molar-refractivity contribution in [3.8, 4) is 51.4 Å². The van der Waals surface area contributed by atoms with Crippen LogP contribution in [0.15, 0.2) is 97.1 Å². The van der Waals surface area contributed by atoms with E-state index in [4.69, 9.17) is 15.0 Å². The molecule has 4 nitrogen and oxygen atoms in total. The van der Waals surface area contributed by atoms with Gasteiger partial charge in [-0.3, -0.25) is 0 Å². The van der Waals surface area contributed by atoms with Gasteiger partial charge >= 0.3 is 0 Å². The smallest absolute Gasteiger partial charge is 0.164 e. The molecule has 0 radical (unpaired) electrons. The minimum absolute atomic E-state index is 0.290. The Bertz CT molecular complexity index is 2020. The van der Waals surface area contributed by atoms with Gasteiger partial charge in [-0.05, 0) is 145 Å². The van der Waals surface area contributed by atoms with Crippen molar-refractivity contribution in [3.05, 3.63) is 114 Å². The quantitative estimate of drug-likeness (QED) is 0.176. The van der Waals surface area contributed by atoms with Gasteiger partial charge in [0.2, 0.25) is 0 Å². The molecule has 0 amide bonds. The standard InChI is InChI=1S/C50H54N4/c1-32-21-37-22-33(2)26-49(25-32,29-37)44-17-13-42(14-18-44)47-52-46(41-11-9-40(10-12-41)39-7-5-36(31-51)6-8-39)53-48(54-47)43-15-19-45(20-16-43)50-27-34(3)23-38(30-50)24-35(4)28-50/h5-20,32-35,37-38H,21-30H2,1-4H3/t32-,33+,34-,35+,37-,38-,49?,50?. The third kappa shape index (κ3) is 6.70. The molecular formula is C50H54N4. The van der Waals surface area contributed by atoms with Crippen molar-refractivity contribution in [2.75, 3.05) is 0 Å². The highest BCUT2D eigenvalue weighted by molar-refractivity contribution is 5.71. The molecule has 4 aromatic carbocycles. The van der Waals surface area contributed by atoms with Crippen LogP contribution in [0.2, 0.25) is 0 Å². The highest BCUT2D eigenvalue weighted by Gasteiger charge is 2.46. The zero-order valence-electron chi connectivity index (χ0n) is 32.6. The number of rotatable bonds is 6. The van der Waals surface area contributed by atoms with E-state index >= 15 is 0 Å². The van der Waals surface area contributed by atoms with Gasteiger partial charge in [-0.1, -0.05) is 113 Å². The highest BCUT2D eigenvalue weighted by atomic mass is 15.0. The molecule has 274 valence electrons. The van der Waals surface area contributed by atoms with Crippen molar-refractivity contribution in [3.63, 3.8) is 0 Å². The van der Waals surface area contributed by atoms with E-state index in [1.54, 1.807) is 0 Å². The Balaban J connectivity index is 1.08. The lowest BCUT2D eigenvalue weighted by Crippen LogP contribution is -2.42. The number of nitrogens with zero attached hydrogens (tertiary/aromatic N) is 4. The van der Waals surface area contributed by atoms with E-state index in [1.807, 2.05) is 24.3 Å². The van der Waals surface area contributed by atoms with Gasteiger partial charge < -0.3 is 0 Å². The van der Waals surface area contributed by atoms with Crippen LogP contribution in [0.4, 0.5) is 0 Å². The first-order chi connectivity index (χ1) is 26.2. The van der Waals surface area contributed by atoms with E-state index in [9.17, 15) is 5.26 Å². The topological polar surface area (TPSA) is 62.5 Å². The van der Waals surface area contributed by atoms with Crippen molar-refractivity contribution >= 4 is 0 Å². The van der Waals surface area contributed by atoms with Gasteiger partial charge in [0.25, 0.3) is 0 Å². The molecule has 0 saturated heterocycles. The second-order valence-electron chi connectivity index (χ2n) is 18.6. The van der Waals surface area contributed by atoms with Crippen molar-refractivity contribution < 1.29 is 0 Å². The lowest BCUT2D eigenvalue weighted by atomic mass is 9.54. The van der Waals surface area contributed by atoms with Gasteiger partial charge in [-0.2, -0.15) is 5.26 Å². The fourth-order valence-electron chi connectivity index (χ4n) is 12.4. The lowest BCUT2D eigenvalue weighted by molar-refractivity contribution is 0.0779. The van der Waals surface area contributed by atoms with E-state index in [0.717, 1.165) is 75.0 Å². The van der Waals surface area contributed by atoms with Crippen LogP contribution in [0.25, 0.3) is 45.3 Å². The molecule has 1 aromatic heterocycles. The number of fused-ring (bicyclic) bond motifs is 4. The summed E-state index contributed by atoms with van der Waals surface area (Å²) in [7, 11) is 0. The molecule has 4 aliphatic rings. The summed E-state index contributed by atoms with van der Waals surface area (Å²) in [5.41, 5.74) is 9.43. The van der Waals surface area contributed by atoms with Crippen LogP contribution < -0.4 is 0 Å². The van der Waals surface area contributed by atoms with Crippen LogP contribution >= 0.6 is 0 Å². The first-order valence-electron chi connectivity index (χ1n) is 20.7. The molecule has 2 unspecified atom stereocenters. The molecule has 5 aromatic rings. The van der Waals surface area contributed by atoms with Crippen LogP contribution in [-0.4, -0.2) is 15.0 Å². The molecule has 0 spiro atoms. The van der Waals surface area contributed by atoms with Crippen LogP contribution in [0.1, 0.15) is 109 Å². The zero-order chi connectivity index (χ0) is 37.0. The summed E-state index contributed by atoms with van der Waals surface area (Å²) in [4.78, 5) is 15.5. The summed E-state index contributed by atoms with van der Waals surface area (Å²) in [6.07, 6.45) is 13.4. The molecule has 0 N–H and O–H groups in total. The Labute approximate surface area is 322 Å². The Morgan fingerprint density at radius 2 is 0.722 bits per heavy atom. The fraction of sp³-hybridized carbons (Fsp3) is 0.440. The maximum Gasteiger partial charge on any atom is 0.164 e. The summed E-state index contributed by atoms with van der Waals surface area (Å²) >= 11 is 0. The third-order valence-corrected chi connectivity index (χ3v) is 13.9. The fourth-order valence-corrected chi connectivity index (χ4v) is 12.4. The normalized spacial score (nSPS) is 30.4. The highest BCUT2D eigenvalue weighted by Crippen LogP contribution is 2.55. The maximum atomic E-state index is 9.26. The lowest BCUT2D eigenvalue weighted by Gasteiger charge is -2.50. The molecular weight excluding hydrogens is 657 g/mol. The van der Waals surface area contributed by atoms with Crippen molar-refractivity contribution in [2.45, 2.75) is 103 Å². The molecule has 0 aliphatic heterocycles. The molecule has 4 fully saturated rings. The van der Waals surface area contributed by atoms with Crippen molar-refractivity contribution in [1.82, 2.24) is 15.0 Å². The number of nitriles is 1. The van der Waals surface area contributed by atoms with Gasteiger partial charge in [0, 0.05) is 16.7 Å². The third-order valence-electron chi connectivity index (χ3n) is 13.9. The first kappa shape index (κ1) is 35.1. The second kappa shape index (κ2) is 13.9. The van der Waals surface area contributed by atoms with Crippen molar-refractivity contribution in [1.29, 1.82) is 5.26 Å². The average molecular weight is 711 g/mol. The molecule has 4 aliphatic carbocycles. The van der Waals surface area contributed by atoms with Gasteiger partial charge in [-0.25, -0.2) is 15.0 Å². The van der Waals surface area contributed by atoms with E-state index in [2.05, 4.69) is 107 Å². The monoisotopic (exact) mass is 710 g/mol. The van der Waals surface area contributed by atoms with E-state index in [1.165, 1.54) is 75.3 Å². The van der Waals surface area contributed by atoms with E-state index in [0.29, 0.717) is 11.4 Å². The molecule has 4 heteroatoms.